The van der Waals surface area contributed by atoms with Crippen LogP contribution in [0.15, 0.2) is 24.3 Å². The first-order valence-corrected chi connectivity index (χ1v) is 5.44. The summed E-state index contributed by atoms with van der Waals surface area (Å²) in [5, 5.41) is 8.88. The van der Waals surface area contributed by atoms with Crippen LogP contribution in [0, 0.1) is 0 Å². The minimum Gasteiger partial charge on any atom is -0.491 e. The Labute approximate surface area is 96.0 Å². The molecule has 16 heavy (non-hydrogen) atoms. The second-order valence-corrected chi connectivity index (χ2v) is 3.43. The van der Waals surface area contributed by atoms with Crippen molar-refractivity contribution in [3.63, 3.8) is 0 Å². The van der Waals surface area contributed by atoms with Crippen molar-refractivity contribution in [3.8, 4) is 5.75 Å². The van der Waals surface area contributed by atoms with Gasteiger partial charge < -0.3 is 20.3 Å². The summed E-state index contributed by atoms with van der Waals surface area (Å²) in [6.45, 7) is 3.50. The van der Waals surface area contributed by atoms with Gasteiger partial charge in [0.05, 0.1) is 6.61 Å². The number of aliphatic hydroxyl groups excluding tert-OH is 1. The molecule has 1 aromatic carbocycles. The van der Waals surface area contributed by atoms with E-state index in [0.29, 0.717) is 19.8 Å². The lowest BCUT2D eigenvalue weighted by Gasteiger charge is -2.15. The average molecular weight is 225 g/mol. The van der Waals surface area contributed by atoms with Gasteiger partial charge in [0.2, 0.25) is 0 Å². The van der Waals surface area contributed by atoms with Crippen LogP contribution in [0.25, 0.3) is 0 Å². The van der Waals surface area contributed by atoms with Crippen molar-refractivity contribution < 1.29 is 14.6 Å². The molecule has 1 aromatic rings. The number of rotatable bonds is 7. The molecule has 0 fully saturated rings. The number of ether oxygens (including phenoxy) is 2. The molecule has 1 unspecified atom stereocenters. The quantitative estimate of drug-likeness (QED) is 0.724. The number of nitrogens with two attached hydrogens (primary N) is 1. The lowest BCUT2D eigenvalue weighted by molar-refractivity contribution is 0.0337. The van der Waals surface area contributed by atoms with E-state index in [1.165, 1.54) is 0 Å². The number of benzene rings is 1. The lowest BCUT2D eigenvalue weighted by atomic mass is 10.2. The summed E-state index contributed by atoms with van der Waals surface area (Å²) in [4.78, 5) is 0. The number of aliphatic hydroxyl groups is 1. The summed E-state index contributed by atoms with van der Waals surface area (Å²) >= 11 is 0. The second kappa shape index (κ2) is 7.22. The average Bonchev–Trinajstić information content (AvgIpc) is 2.35. The maximum atomic E-state index is 8.88. The molecule has 1 atom stereocenters. The van der Waals surface area contributed by atoms with Crippen LogP contribution in [0.2, 0.25) is 0 Å². The Hall–Kier alpha value is -1.10. The van der Waals surface area contributed by atoms with E-state index < -0.39 is 0 Å². The molecule has 0 heterocycles. The first-order chi connectivity index (χ1) is 7.80. The van der Waals surface area contributed by atoms with Gasteiger partial charge in [-0.05, 0) is 24.6 Å². The fraction of sp³-hybridized carbons (Fsp3) is 0.500. The smallest absolute Gasteiger partial charge is 0.119 e. The SMILES string of the molecule is CCOC(CN)COc1ccc(CO)cc1. The molecule has 4 heteroatoms. The molecule has 0 aromatic heterocycles. The zero-order valence-electron chi connectivity index (χ0n) is 9.56. The first-order valence-electron chi connectivity index (χ1n) is 5.44. The molecule has 0 spiro atoms. The Balaban J connectivity index is 2.40. The van der Waals surface area contributed by atoms with Crippen LogP contribution in [0.3, 0.4) is 0 Å². The third-order valence-corrected chi connectivity index (χ3v) is 2.21. The number of hydrogen-bond acceptors (Lipinski definition) is 4. The molecular weight excluding hydrogens is 206 g/mol. The van der Waals surface area contributed by atoms with Gasteiger partial charge in [0.15, 0.2) is 0 Å². The monoisotopic (exact) mass is 225 g/mol. The Kier molecular flexibility index (Phi) is 5.85. The minimum absolute atomic E-state index is 0.0463. The zero-order valence-corrected chi connectivity index (χ0v) is 9.56. The molecule has 0 bridgehead atoms. The molecule has 4 nitrogen and oxygen atoms in total. The van der Waals surface area contributed by atoms with Crippen LogP contribution >= 0.6 is 0 Å². The van der Waals surface area contributed by atoms with Gasteiger partial charge in [0.1, 0.15) is 18.5 Å². The largest absolute Gasteiger partial charge is 0.491 e. The van der Waals surface area contributed by atoms with Crippen molar-refractivity contribution in [2.75, 3.05) is 19.8 Å². The highest BCUT2D eigenvalue weighted by molar-refractivity contribution is 5.26. The molecule has 0 amide bonds. The van der Waals surface area contributed by atoms with E-state index >= 15 is 0 Å². The Morgan fingerprint density at radius 3 is 2.50 bits per heavy atom. The molecule has 0 aliphatic carbocycles. The predicted octanol–water partition coefficient (Wildman–Crippen LogP) is 0.921. The van der Waals surface area contributed by atoms with Gasteiger partial charge in [-0.3, -0.25) is 0 Å². The van der Waals surface area contributed by atoms with Crippen LogP contribution < -0.4 is 10.5 Å². The molecule has 90 valence electrons. The van der Waals surface area contributed by atoms with Crippen LogP contribution in [-0.4, -0.2) is 31.0 Å². The first kappa shape index (κ1) is 13.0. The van der Waals surface area contributed by atoms with E-state index in [9.17, 15) is 0 Å². The summed E-state index contributed by atoms with van der Waals surface area (Å²) in [5.41, 5.74) is 6.40. The Bertz CT molecular complexity index is 287. The molecular formula is C12H19NO3. The van der Waals surface area contributed by atoms with Crippen molar-refractivity contribution in [2.24, 2.45) is 5.73 Å². The molecule has 0 aliphatic heterocycles. The second-order valence-electron chi connectivity index (χ2n) is 3.43. The normalized spacial score (nSPS) is 12.4. The van der Waals surface area contributed by atoms with E-state index in [0.717, 1.165) is 11.3 Å². The lowest BCUT2D eigenvalue weighted by Crippen LogP contribution is -2.30. The van der Waals surface area contributed by atoms with Crippen LogP contribution in [0.1, 0.15) is 12.5 Å². The van der Waals surface area contributed by atoms with Crippen molar-refractivity contribution in [3.05, 3.63) is 29.8 Å². The van der Waals surface area contributed by atoms with Crippen molar-refractivity contribution >= 4 is 0 Å². The highest BCUT2D eigenvalue weighted by Gasteiger charge is 2.06. The zero-order chi connectivity index (χ0) is 11.8. The van der Waals surface area contributed by atoms with Gasteiger partial charge in [-0.15, -0.1) is 0 Å². The summed E-state index contributed by atoms with van der Waals surface area (Å²) < 4.78 is 10.9. The van der Waals surface area contributed by atoms with Crippen LogP contribution in [-0.2, 0) is 11.3 Å². The summed E-state index contributed by atoms with van der Waals surface area (Å²) in [7, 11) is 0. The van der Waals surface area contributed by atoms with Crippen LogP contribution in [0.5, 0.6) is 5.75 Å². The van der Waals surface area contributed by atoms with Crippen molar-refractivity contribution in [1.82, 2.24) is 0 Å². The Morgan fingerprint density at radius 2 is 2.00 bits per heavy atom. The molecule has 1 rings (SSSR count). The molecule has 0 radical (unpaired) electrons. The van der Waals surface area contributed by atoms with Crippen molar-refractivity contribution in [2.45, 2.75) is 19.6 Å². The van der Waals surface area contributed by atoms with E-state index in [4.69, 9.17) is 20.3 Å². The van der Waals surface area contributed by atoms with Crippen LogP contribution in [0.4, 0.5) is 0 Å². The third kappa shape index (κ3) is 4.18. The van der Waals surface area contributed by atoms with Gasteiger partial charge in [-0.25, -0.2) is 0 Å². The third-order valence-electron chi connectivity index (χ3n) is 2.21. The maximum absolute atomic E-state index is 8.88. The van der Waals surface area contributed by atoms with E-state index in [1.54, 1.807) is 0 Å². The fourth-order valence-electron chi connectivity index (χ4n) is 1.30. The summed E-state index contributed by atoms with van der Waals surface area (Å²) in [6.07, 6.45) is -0.0671. The van der Waals surface area contributed by atoms with Gasteiger partial charge in [-0.1, -0.05) is 12.1 Å². The fourth-order valence-corrected chi connectivity index (χ4v) is 1.30. The minimum atomic E-state index is -0.0671. The van der Waals surface area contributed by atoms with Gasteiger partial charge in [0, 0.05) is 13.2 Å². The molecule has 0 saturated carbocycles. The molecule has 0 saturated heterocycles. The highest BCUT2D eigenvalue weighted by Crippen LogP contribution is 2.12. The Morgan fingerprint density at radius 1 is 1.31 bits per heavy atom. The predicted molar refractivity (Wildman–Crippen MR) is 62.3 cm³/mol. The maximum Gasteiger partial charge on any atom is 0.119 e. The topological polar surface area (TPSA) is 64.7 Å². The van der Waals surface area contributed by atoms with Crippen molar-refractivity contribution in [1.29, 1.82) is 0 Å². The molecule has 3 N–H and O–H groups in total. The van der Waals surface area contributed by atoms with Gasteiger partial charge >= 0.3 is 0 Å². The molecule has 0 aliphatic rings. The highest BCUT2D eigenvalue weighted by atomic mass is 16.5. The number of hydrogen-bond donors (Lipinski definition) is 2. The van der Waals surface area contributed by atoms with Gasteiger partial charge in [-0.2, -0.15) is 0 Å². The van der Waals surface area contributed by atoms with Gasteiger partial charge in [0.25, 0.3) is 0 Å². The summed E-state index contributed by atoms with van der Waals surface area (Å²) in [5.74, 6) is 0.760. The van der Waals surface area contributed by atoms with E-state index in [2.05, 4.69) is 0 Å². The summed E-state index contributed by atoms with van der Waals surface area (Å²) in [6, 6.07) is 7.30. The van der Waals surface area contributed by atoms with E-state index in [-0.39, 0.29) is 12.7 Å². The standard InChI is InChI=1S/C12H19NO3/c1-2-15-12(7-13)9-16-11-5-3-10(8-14)4-6-11/h3-6,12,14H,2,7-9,13H2,1H3. The van der Waals surface area contributed by atoms with E-state index in [1.807, 2.05) is 31.2 Å².